The number of rotatable bonds is 2. The average molecular weight is 247 g/mol. The van der Waals surface area contributed by atoms with E-state index < -0.39 is 0 Å². The van der Waals surface area contributed by atoms with Crippen molar-refractivity contribution in [1.82, 2.24) is 9.55 Å². The van der Waals surface area contributed by atoms with E-state index in [0.29, 0.717) is 22.9 Å². The molecule has 0 unspecified atom stereocenters. The number of aromatic nitrogens is 2. The summed E-state index contributed by atoms with van der Waals surface area (Å²) < 4.78 is 15.5. The lowest BCUT2D eigenvalue weighted by atomic mass is 10.1. The van der Waals surface area contributed by atoms with Crippen LogP contribution in [0.4, 0.5) is 10.3 Å². The molecule has 1 heterocycles. The van der Waals surface area contributed by atoms with Crippen LogP contribution in [0.1, 0.15) is 31.2 Å². The predicted octanol–water partition coefficient (Wildman–Crippen LogP) is 3.26. The summed E-state index contributed by atoms with van der Waals surface area (Å²) in [5.74, 6) is 0.977. The van der Waals surface area contributed by atoms with Crippen molar-refractivity contribution in [1.29, 1.82) is 0 Å². The summed E-state index contributed by atoms with van der Waals surface area (Å²) in [5.41, 5.74) is 8.23. The van der Waals surface area contributed by atoms with Crippen LogP contribution < -0.4 is 5.73 Å². The van der Waals surface area contributed by atoms with E-state index in [1.54, 1.807) is 6.92 Å². The number of fused-ring (bicyclic) bond motifs is 1. The highest BCUT2D eigenvalue weighted by molar-refractivity contribution is 5.79. The second kappa shape index (κ2) is 4.26. The topological polar surface area (TPSA) is 43.8 Å². The van der Waals surface area contributed by atoms with Crippen molar-refractivity contribution >= 4 is 17.0 Å². The first-order chi connectivity index (χ1) is 8.65. The number of aryl methyl sites for hydroxylation is 1. The highest BCUT2D eigenvalue weighted by Gasteiger charge is 2.18. The molecule has 2 aromatic rings. The molecule has 0 radical (unpaired) electrons. The van der Waals surface area contributed by atoms with Gasteiger partial charge in [0.05, 0.1) is 11.0 Å². The quantitative estimate of drug-likeness (QED) is 0.885. The van der Waals surface area contributed by atoms with Gasteiger partial charge in [0, 0.05) is 12.6 Å². The molecule has 3 rings (SSSR count). The number of nitrogen functional groups attached to an aromatic ring is 1. The fraction of sp³-hybridized carbons (Fsp3) is 0.500. The highest BCUT2D eigenvalue weighted by Crippen LogP contribution is 2.29. The van der Waals surface area contributed by atoms with Crippen LogP contribution in [0, 0.1) is 18.7 Å². The Labute approximate surface area is 106 Å². The molecule has 1 aromatic carbocycles. The van der Waals surface area contributed by atoms with Crippen molar-refractivity contribution in [2.45, 2.75) is 39.2 Å². The van der Waals surface area contributed by atoms with Gasteiger partial charge in [-0.25, -0.2) is 9.37 Å². The standard InChI is InChI=1S/C14H18FN3/c1-9-6-13-12(7-11(9)15)17-14(16)18(13)8-10-4-2-3-5-10/h6-7,10H,2-5,8H2,1H3,(H2,16,17). The van der Waals surface area contributed by atoms with Crippen LogP contribution in [0.15, 0.2) is 12.1 Å². The summed E-state index contributed by atoms with van der Waals surface area (Å²) >= 11 is 0. The molecule has 1 saturated carbocycles. The number of nitrogens with zero attached hydrogens (tertiary/aromatic N) is 2. The zero-order valence-corrected chi connectivity index (χ0v) is 10.6. The lowest BCUT2D eigenvalue weighted by Crippen LogP contribution is -2.10. The van der Waals surface area contributed by atoms with Gasteiger partial charge < -0.3 is 10.3 Å². The largest absolute Gasteiger partial charge is 0.369 e. The first kappa shape index (κ1) is 11.5. The number of benzene rings is 1. The molecule has 96 valence electrons. The molecule has 0 spiro atoms. The van der Waals surface area contributed by atoms with E-state index >= 15 is 0 Å². The van der Waals surface area contributed by atoms with Gasteiger partial charge in [0.15, 0.2) is 0 Å². The van der Waals surface area contributed by atoms with E-state index in [2.05, 4.69) is 4.98 Å². The third kappa shape index (κ3) is 1.85. The number of nitrogens with two attached hydrogens (primary N) is 1. The zero-order valence-electron chi connectivity index (χ0n) is 10.6. The molecule has 1 aliphatic rings. The monoisotopic (exact) mass is 247 g/mol. The second-order valence-electron chi connectivity index (χ2n) is 5.32. The highest BCUT2D eigenvalue weighted by atomic mass is 19.1. The van der Waals surface area contributed by atoms with E-state index in [1.807, 2.05) is 10.6 Å². The van der Waals surface area contributed by atoms with Crippen molar-refractivity contribution in [3.05, 3.63) is 23.5 Å². The summed E-state index contributed by atoms with van der Waals surface area (Å²) in [5, 5.41) is 0. The zero-order chi connectivity index (χ0) is 12.7. The van der Waals surface area contributed by atoms with Crippen molar-refractivity contribution in [2.75, 3.05) is 5.73 Å². The van der Waals surface area contributed by atoms with Gasteiger partial charge in [-0.3, -0.25) is 0 Å². The van der Waals surface area contributed by atoms with Crippen LogP contribution in [0.3, 0.4) is 0 Å². The molecule has 4 heteroatoms. The summed E-state index contributed by atoms with van der Waals surface area (Å²) in [6.45, 7) is 2.69. The molecule has 2 N–H and O–H groups in total. The Hall–Kier alpha value is -1.58. The van der Waals surface area contributed by atoms with E-state index in [-0.39, 0.29) is 5.82 Å². The Morgan fingerprint density at radius 1 is 1.39 bits per heavy atom. The Balaban J connectivity index is 2.04. The molecular formula is C14H18FN3. The van der Waals surface area contributed by atoms with Crippen LogP contribution >= 0.6 is 0 Å². The van der Waals surface area contributed by atoms with Gasteiger partial charge in [-0.15, -0.1) is 0 Å². The maximum atomic E-state index is 13.5. The van der Waals surface area contributed by atoms with Gasteiger partial charge in [-0.05, 0) is 37.3 Å². The maximum Gasteiger partial charge on any atom is 0.201 e. The van der Waals surface area contributed by atoms with Gasteiger partial charge in [0.2, 0.25) is 5.95 Å². The number of halogens is 1. The van der Waals surface area contributed by atoms with E-state index in [4.69, 9.17) is 5.73 Å². The molecule has 3 nitrogen and oxygen atoms in total. The first-order valence-corrected chi connectivity index (χ1v) is 6.57. The summed E-state index contributed by atoms with van der Waals surface area (Å²) in [6.07, 6.45) is 5.15. The molecular weight excluding hydrogens is 229 g/mol. The molecule has 0 amide bonds. The predicted molar refractivity (Wildman–Crippen MR) is 70.8 cm³/mol. The molecule has 1 aliphatic carbocycles. The molecule has 1 aromatic heterocycles. The van der Waals surface area contributed by atoms with E-state index in [1.165, 1.54) is 31.7 Å². The van der Waals surface area contributed by atoms with Crippen LogP contribution in [-0.2, 0) is 6.54 Å². The maximum absolute atomic E-state index is 13.5. The fourth-order valence-electron chi connectivity index (χ4n) is 2.91. The van der Waals surface area contributed by atoms with Crippen molar-refractivity contribution in [3.8, 4) is 0 Å². The van der Waals surface area contributed by atoms with Gasteiger partial charge in [0.1, 0.15) is 5.82 Å². The molecule has 0 atom stereocenters. The normalized spacial score (nSPS) is 16.8. The number of imidazole rings is 1. The average Bonchev–Trinajstić information content (AvgIpc) is 2.92. The smallest absolute Gasteiger partial charge is 0.201 e. The SMILES string of the molecule is Cc1cc2c(cc1F)nc(N)n2CC1CCCC1. The van der Waals surface area contributed by atoms with E-state index in [9.17, 15) is 4.39 Å². The van der Waals surface area contributed by atoms with Crippen molar-refractivity contribution in [3.63, 3.8) is 0 Å². The van der Waals surface area contributed by atoms with Crippen LogP contribution in [0.5, 0.6) is 0 Å². The van der Waals surface area contributed by atoms with Crippen LogP contribution in [0.2, 0.25) is 0 Å². The van der Waals surface area contributed by atoms with Crippen LogP contribution in [-0.4, -0.2) is 9.55 Å². The lowest BCUT2D eigenvalue weighted by molar-refractivity contribution is 0.468. The number of anilines is 1. The summed E-state index contributed by atoms with van der Waals surface area (Å²) in [6, 6.07) is 3.33. The fourth-order valence-corrected chi connectivity index (χ4v) is 2.91. The minimum absolute atomic E-state index is 0.215. The lowest BCUT2D eigenvalue weighted by Gasteiger charge is -2.12. The Morgan fingerprint density at radius 3 is 2.83 bits per heavy atom. The molecule has 1 fully saturated rings. The Bertz CT molecular complexity index is 582. The number of hydrogen-bond acceptors (Lipinski definition) is 2. The second-order valence-corrected chi connectivity index (χ2v) is 5.32. The molecule has 18 heavy (non-hydrogen) atoms. The minimum atomic E-state index is -0.215. The van der Waals surface area contributed by atoms with Crippen molar-refractivity contribution < 1.29 is 4.39 Å². The summed E-state index contributed by atoms with van der Waals surface area (Å²) in [7, 11) is 0. The Kier molecular flexibility index (Phi) is 2.73. The third-order valence-electron chi connectivity index (χ3n) is 3.97. The van der Waals surface area contributed by atoms with Crippen LogP contribution in [0.25, 0.3) is 11.0 Å². The molecule has 0 aliphatic heterocycles. The summed E-state index contributed by atoms with van der Waals surface area (Å²) in [4.78, 5) is 4.26. The van der Waals surface area contributed by atoms with Gasteiger partial charge in [-0.2, -0.15) is 0 Å². The Morgan fingerprint density at radius 2 is 2.11 bits per heavy atom. The van der Waals surface area contributed by atoms with Gasteiger partial charge in [0.25, 0.3) is 0 Å². The number of hydrogen-bond donors (Lipinski definition) is 1. The van der Waals surface area contributed by atoms with Crippen molar-refractivity contribution in [2.24, 2.45) is 5.92 Å². The van der Waals surface area contributed by atoms with E-state index in [0.717, 1.165) is 12.1 Å². The van der Waals surface area contributed by atoms with Gasteiger partial charge in [-0.1, -0.05) is 12.8 Å². The molecule has 0 bridgehead atoms. The van der Waals surface area contributed by atoms with Gasteiger partial charge >= 0.3 is 0 Å². The molecule has 0 saturated heterocycles. The minimum Gasteiger partial charge on any atom is -0.369 e. The third-order valence-corrected chi connectivity index (χ3v) is 3.97. The first-order valence-electron chi connectivity index (χ1n) is 6.57.